The molecule has 0 aromatic heterocycles. The zero-order valence-corrected chi connectivity index (χ0v) is 40.1. The Morgan fingerprint density at radius 2 is 0.918 bits per heavy atom. The molecule has 2 nitrogen and oxygen atoms in total. The van der Waals surface area contributed by atoms with E-state index < -0.39 is 0 Å². The summed E-state index contributed by atoms with van der Waals surface area (Å²) >= 11 is 0. The van der Waals surface area contributed by atoms with Gasteiger partial charge in [-0.25, -0.2) is 0 Å². The van der Waals surface area contributed by atoms with Gasteiger partial charge in [-0.15, -0.1) is 0 Å². The molecule has 0 spiro atoms. The molecular weight excluding hydrogens is 735 g/mol. The highest BCUT2D eigenvalue weighted by Crippen LogP contribution is 2.55. The Hall–Kier alpha value is -4.50. The molecule has 0 saturated heterocycles. The summed E-state index contributed by atoms with van der Waals surface area (Å²) in [7, 11) is 0. The van der Waals surface area contributed by atoms with Gasteiger partial charge < -0.3 is 9.80 Å². The van der Waals surface area contributed by atoms with Crippen LogP contribution in [-0.4, -0.2) is 6.71 Å². The highest BCUT2D eigenvalue weighted by molar-refractivity contribution is 7.03. The molecule has 61 heavy (non-hydrogen) atoms. The second-order valence-corrected chi connectivity index (χ2v) is 24.5. The second-order valence-electron chi connectivity index (χ2n) is 24.5. The van der Waals surface area contributed by atoms with E-state index in [9.17, 15) is 0 Å². The zero-order valence-electron chi connectivity index (χ0n) is 40.1. The fourth-order valence-corrected chi connectivity index (χ4v) is 12.0. The average Bonchev–Trinajstić information content (AvgIpc) is 3.55. The second kappa shape index (κ2) is 12.8. The van der Waals surface area contributed by atoms with Crippen molar-refractivity contribution in [2.45, 2.75) is 168 Å². The number of nitrogens with zero attached hydrogens (tertiary/aromatic N) is 2. The zero-order chi connectivity index (χ0) is 43.6. The molecule has 2 aliphatic heterocycles. The van der Waals surface area contributed by atoms with Gasteiger partial charge in [0, 0.05) is 40.6 Å². The van der Waals surface area contributed by atoms with Crippen LogP contribution in [0.15, 0.2) is 90.6 Å². The van der Waals surface area contributed by atoms with Crippen molar-refractivity contribution in [2.75, 3.05) is 9.80 Å². The number of benzene rings is 5. The first kappa shape index (κ1) is 40.6. The first-order valence-corrected chi connectivity index (χ1v) is 23.4. The van der Waals surface area contributed by atoms with E-state index in [0.29, 0.717) is 0 Å². The average molecular weight is 805 g/mol. The van der Waals surface area contributed by atoms with Crippen molar-refractivity contribution in [3.8, 4) is 0 Å². The SMILES string of the molecule is Cc1cc2c3c(c1)N(c1ccc(C(C)(C)C)cc1)c1cc4c(cc1B3C1=C(Cc3cc5c(cc31)C(C)(C)CCC5(C)C)N2c1ccc(C(C)(C)C)cc1)C(C)(C)CCC4(C)C. The predicted octanol–water partition coefficient (Wildman–Crippen LogP) is 14.3. The van der Waals surface area contributed by atoms with E-state index in [1.165, 1.54) is 115 Å². The molecule has 3 heteroatoms. The lowest BCUT2D eigenvalue weighted by Gasteiger charge is -2.47. The number of hydrogen-bond donors (Lipinski definition) is 0. The molecule has 3 aliphatic carbocycles. The van der Waals surface area contributed by atoms with Crippen LogP contribution in [0.25, 0.3) is 5.47 Å². The molecule has 0 unspecified atom stereocenters. The van der Waals surface area contributed by atoms with Crippen LogP contribution < -0.4 is 20.7 Å². The van der Waals surface area contributed by atoms with Gasteiger partial charge in [0.2, 0.25) is 0 Å². The predicted molar refractivity (Wildman–Crippen MR) is 265 cm³/mol. The largest absolute Gasteiger partial charge is 0.315 e. The summed E-state index contributed by atoms with van der Waals surface area (Å²) in [5.74, 6) is 0. The highest BCUT2D eigenvalue weighted by atomic mass is 15.2. The number of rotatable bonds is 2. The number of fused-ring (bicyclic) bond motifs is 7. The lowest BCUT2D eigenvalue weighted by atomic mass is 9.32. The van der Waals surface area contributed by atoms with E-state index in [-0.39, 0.29) is 39.2 Å². The molecule has 0 saturated carbocycles. The van der Waals surface area contributed by atoms with Gasteiger partial charge in [0.25, 0.3) is 6.71 Å². The molecule has 5 aromatic carbocycles. The van der Waals surface area contributed by atoms with Crippen LogP contribution in [0.2, 0.25) is 0 Å². The highest BCUT2D eigenvalue weighted by Gasteiger charge is 2.50. The molecule has 0 amide bonds. The lowest BCUT2D eigenvalue weighted by Crippen LogP contribution is -2.56. The van der Waals surface area contributed by atoms with E-state index in [4.69, 9.17) is 0 Å². The van der Waals surface area contributed by atoms with Crippen LogP contribution >= 0.6 is 0 Å². The summed E-state index contributed by atoms with van der Waals surface area (Å²) < 4.78 is 0. The van der Waals surface area contributed by atoms with Crippen LogP contribution in [0.4, 0.5) is 28.4 Å². The number of anilines is 5. The summed E-state index contributed by atoms with van der Waals surface area (Å²) in [6.45, 7) is 36.3. The molecule has 10 rings (SSSR count). The quantitative estimate of drug-likeness (QED) is 0.164. The summed E-state index contributed by atoms with van der Waals surface area (Å²) in [6, 6.07) is 34.8. The van der Waals surface area contributed by atoms with E-state index in [1.54, 1.807) is 11.1 Å². The van der Waals surface area contributed by atoms with Gasteiger partial charge in [0.15, 0.2) is 0 Å². The fraction of sp³-hybridized carbons (Fsp3) is 0.448. The van der Waals surface area contributed by atoms with Gasteiger partial charge >= 0.3 is 0 Å². The van der Waals surface area contributed by atoms with Gasteiger partial charge in [0.1, 0.15) is 0 Å². The maximum atomic E-state index is 2.71. The standard InChI is InChI=1S/C58H69BN2/c1-35-28-48-52-49(29-35)61(40-22-18-38(19-23-40)54(5,6)7)50-31-36-30-42-43(56(10,11)25-24-55(42,8)9)32-41(36)51(50)59(52)46-33-44-45(58(14,15)27-26-57(44,12)13)34-47(46)60(48)39-20-16-37(17-21-39)53(2,3)4/h16-23,28-30,32-34H,24-27,31H2,1-15H3. The van der Waals surface area contributed by atoms with Gasteiger partial charge in [-0.05, 0) is 174 Å². The van der Waals surface area contributed by atoms with Crippen LogP contribution in [0.1, 0.15) is 173 Å². The lowest BCUT2D eigenvalue weighted by molar-refractivity contribution is 0.331. The topological polar surface area (TPSA) is 6.48 Å². The van der Waals surface area contributed by atoms with Crippen LogP contribution in [0, 0.1) is 6.92 Å². The number of hydrogen-bond acceptors (Lipinski definition) is 2. The molecule has 0 N–H and O–H groups in total. The van der Waals surface area contributed by atoms with Crippen molar-refractivity contribution in [1.82, 2.24) is 0 Å². The summed E-state index contributed by atoms with van der Waals surface area (Å²) in [6.07, 6.45) is 5.76. The van der Waals surface area contributed by atoms with Crippen molar-refractivity contribution in [3.63, 3.8) is 0 Å². The summed E-state index contributed by atoms with van der Waals surface area (Å²) in [4.78, 5) is 5.35. The smallest absolute Gasteiger partial charge is 0.252 e. The third-order valence-corrected chi connectivity index (χ3v) is 16.2. The van der Waals surface area contributed by atoms with Crippen molar-refractivity contribution >= 4 is 51.5 Å². The maximum absolute atomic E-state index is 2.71. The minimum atomic E-state index is 0.0748. The fourth-order valence-electron chi connectivity index (χ4n) is 12.0. The Bertz CT molecular complexity index is 2690. The van der Waals surface area contributed by atoms with Crippen molar-refractivity contribution in [3.05, 3.63) is 141 Å². The molecule has 0 atom stereocenters. The Balaban J connectivity index is 1.31. The van der Waals surface area contributed by atoms with E-state index in [0.717, 1.165) is 6.42 Å². The monoisotopic (exact) mass is 805 g/mol. The number of allylic oxidation sites excluding steroid dienone is 1. The molecular formula is C58H69BN2. The van der Waals surface area contributed by atoms with E-state index >= 15 is 0 Å². The van der Waals surface area contributed by atoms with Crippen molar-refractivity contribution < 1.29 is 0 Å². The van der Waals surface area contributed by atoms with Gasteiger partial charge in [-0.1, -0.05) is 139 Å². The molecule has 0 fully saturated rings. The minimum Gasteiger partial charge on any atom is -0.315 e. The summed E-state index contributed by atoms with van der Waals surface area (Å²) in [5, 5.41) is 0. The van der Waals surface area contributed by atoms with E-state index in [2.05, 4.69) is 199 Å². The third-order valence-electron chi connectivity index (χ3n) is 16.2. The van der Waals surface area contributed by atoms with Crippen LogP contribution in [-0.2, 0) is 38.9 Å². The normalized spacial score (nSPS) is 20.1. The first-order valence-electron chi connectivity index (χ1n) is 23.4. The third kappa shape index (κ3) is 6.09. The van der Waals surface area contributed by atoms with Gasteiger partial charge in [0.05, 0.1) is 0 Å². The maximum Gasteiger partial charge on any atom is 0.252 e. The summed E-state index contributed by atoms with van der Waals surface area (Å²) in [5.41, 5.74) is 26.1. The van der Waals surface area contributed by atoms with Crippen molar-refractivity contribution in [2.24, 2.45) is 0 Å². The Morgan fingerprint density at radius 3 is 1.41 bits per heavy atom. The molecule has 5 aliphatic rings. The molecule has 2 heterocycles. The molecule has 0 bridgehead atoms. The molecule has 5 aromatic rings. The van der Waals surface area contributed by atoms with Crippen molar-refractivity contribution in [1.29, 1.82) is 0 Å². The minimum absolute atomic E-state index is 0.0748. The van der Waals surface area contributed by atoms with E-state index in [1.807, 2.05) is 0 Å². The van der Waals surface area contributed by atoms with Gasteiger partial charge in [-0.3, -0.25) is 0 Å². The van der Waals surface area contributed by atoms with Crippen LogP contribution in [0.3, 0.4) is 0 Å². The van der Waals surface area contributed by atoms with Crippen LogP contribution in [0.5, 0.6) is 0 Å². The molecule has 314 valence electrons. The Labute approximate surface area is 369 Å². The molecule has 0 radical (unpaired) electrons. The Kier molecular flexibility index (Phi) is 8.51. The van der Waals surface area contributed by atoms with Gasteiger partial charge in [-0.2, -0.15) is 0 Å². The number of aryl methyl sites for hydroxylation is 1. The first-order chi connectivity index (χ1) is 28.4. The Morgan fingerprint density at radius 1 is 0.492 bits per heavy atom.